The van der Waals surface area contributed by atoms with Gasteiger partial charge < -0.3 is 4.42 Å². The molecule has 0 bridgehead atoms. The minimum absolute atomic E-state index is 0.889. The zero-order valence-electron chi connectivity index (χ0n) is 25.6. The number of fused-ring (bicyclic) bond motifs is 13. The molecule has 0 N–H and O–H groups in total. The summed E-state index contributed by atoms with van der Waals surface area (Å²) in [5.41, 5.74) is 7.53. The van der Waals surface area contributed by atoms with Crippen LogP contribution in [-0.2, 0) is 0 Å². The minimum atomic E-state index is 0.889. The van der Waals surface area contributed by atoms with Gasteiger partial charge in [-0.05, 0) is 80.8 Å². The van der Waals surface area contributed by atoms with Gasteiger partial charge in [-0.1, -0.05) is 97.1 Å². The molecular weight excluding hydrogens is 605 g/mol. The molecule has 3 heterocycles. The first-order valence-corrected chi connectivity index (χ1v) is 17.0. The van der Waals surface area contributed by atoms with Gasteiger partial charge in [0.2, 0.25) is 0 Å². The van der Waals surface area contributed by atoms with E-state index < -0.39 is 0 Å². The SMILES string of the molecule is c1ccc2nc(-c3ccc4c(c3)sc3ccccc34)c(-c3ccc4c(ccc5ccc6c(ccc7oc8ccccc8c76)c54)c3)nc2c1. The Kier molecular flexibility index (Phi) is 5.26. The molecule has 48 heavy (non-hydrogen) atoms. The number of hydrogen-bond acceptors (Lipinski definition) is 4. The maximum atomic E-state index is 6.23. The van der Waals surface area contributed by atoms with E-state index >= 15 is 0 Å². The first-order valence-electron chi connectivity index (χ1n) is 16.2. The van der Waals surface area contributed by atoms with Gasteiger partial charge in [-0.25, -0.2) is 9.97 Å². The number of para-hydroxylation sites is 3. The number of rotatable bonds is 2. The molecule has 11 rings (SSSR count). The van der Waals surface area contributed by atoms with Gasteiger partial charge in [0.15, 0.2) is 0 Å². The van der Waals surface area contributed by atoms with Crippen molar-refractivity contribution in [2.75, 3.05) is 0 Å². The van der Waals surface area contributed by atoms with Gasteiger partial charge in [0.25, 0.3) is 0 Å². The molecule has 0 spiro atoms. The van der Waals surface area contributed by atoms with Gasteiger partial charge in [-0.3, -0.25) is 0 Å². The van der Waals surface area contributed by atoms with Crippen LogP contribution in [0.1, 0.15) is 0 Å². The van der Waals surface area contributed by atoms with E-state index in [1.165, 1.54) is 57.9 Å². The lowest BCUT2D eigenvalue weighted by Gasteiger charge is -2.13. The van der Waals surface area contributed by atoms with Crippen molar-refractivity contribution < 1.29 is 4.42 Å². The van der Waals surface area contributed by atoms with Gasteiger partial charge in [-0.2, -0.15) is 0 Å². The molecule has 0 fully saturated rings. The van der Waals surface area contributed by atoms with Crippen LogP contribution in [-0.4, -0.2) is 9.97 Å². The van der Waals surface area contributed by atoms with Gasteiger partial charge in [0, 0.05) is 42.1 Å². The van der Waals surface area contributed by atoms with Crippen LogP contribution in [0.25, 0.3) is 108 Å². The fraction of sp³-hybridized carbons (Fsp3) is 0. The summed E-state index contributed by atoms with van der Waals surface area (Å²) in [6.07, 6.45) is 0. The van der Waals surface area contributed by atoms with E-state index in [9.17, 15) is 0 Å². The summed E-state index contributed by atoms with van der Waals surface area (Å²) in [4.78, 5) is 10.5. The van der Waals surface area contributed by atoms with Crippen LogP contribution in [0.15, 0.2) is 150 Å². The molecule has 8 aromatic carbocycles. The third kappa shape index (κ3) is 3.69. The van der Waals surface area contributed by atoms with Crippen molar-refractivity contribution >= 4 is 96.8 Å². The lowest BCUT2D eigenvalue weighted by Crippen LogP contribution is -1.95. The molecule has 4 heteroatoms. The van der Waals surface area contributed by atoms with E-state index in [1.807, 2.05) is 47.7 Å². The summed E-state index contributed by atoms with van der Waals surface area (Å²) in [5.74, 6) is 0. The number of aromatic nitrogens is 2. The Bertz CT molecular complexity index is 3130. The number of nitrogens with zero attached hydrogens (tertiary/aromatic N) is 2. The highest BCUT2D eigenvalue weighted by Gasteiger charge is 2.17. The molecular formula is C44H24N2OS. The van der Waals surface area contributed by atoms with E-state index in [4.69, 9.17) is 14.4 Å². The Morgan fingerprint density at radius 3 is 1.85 bits per heavy atom. The smallest absolute Gasteiger partial charge is 0.136 e. The number of furan rings is 1. The third-order valence-electron chi connectivity index (χ3n) is 9.83. The molecule has 3 aromatic heterocycles. The Morgan fingerprint density at radius 2 is 1.00 bits per heavy atom. The Labute approximate surface area is 278 Å². The normalized spacial score (nSPS) is 12.2. The van der Waals surface area contributed by atoms with Crippen molar-refractivity contribution in [3.63, 3.8) is 0 Å². The molecule has 11 aromatic rings. The number of thiophene rings is 1. The predicted octanol–water partition coefficient (Wildman–Crippen LogP) is 12.7. The molecule has 0 unspecified atom stereocenters. The van der Waals surface area contributed by atoms with Crippen molar-refractivity contribution in [1.29, 1.82) is 0 Å². The molecule has 0 aliphatic rings. The zero-order valence-corrected chi connectivity index (χ0v) is 26.4. The monoisotopic (exact) mass is 628 g/mol. The molecule has 222 valence electrons. The van der Waals surface area contributed by atoms with Crippen LogP contribution in [0, 0.1) is 0 Å². The fourth-order valence-corrected chi connectivity index (χ4v) is 8.76. The van der Waals surface area contributed by atoms with Crippen molar-refractivity contribution in [1.82, 2.24) is 9.97 Å². The van der Waals surface area contributed by atoms with Crippen LogP contribution in [0.3, 0.4) is 0 Å². The number of hydrogen-bond donors (Lipinski definition) is 0. The summed E-state index contributed by atoms with van der Waals surface area (Å²) in [7, 11) is 0. The van der Waals surface area contributed by atoms with Crippen molar-refractivity contribution in [3.8, 4) is 22.5 Å². The highest BCUT2D eigenvalue weighted by molar-refractivity contribution is 7.25. The van der Waals surface area contributed by atoms with Gasteiger partial charge in [-0.15, -0.1) is 11.3 Å². The van der Waals surface area contributed by atoms with Crippen molar-refractivity contribution in [2.45, 2.75) is 0 Å². The molecule has 0 saturated heterocycles. The second-order valence-electron chi connectivity index (χ2n) is 12.5. The van der Waals surface area contributed by atoms with E-state index in [-0.39, 0.29) is 0 Å². The molecule has 0 amide bonds. The minimum Gasteiger partial charge on any atom is -0.456 e. The summed E-state index contributed by atoms with van der Waals surface area (Å²) in [6, 6.07) is 51.8. The first-order chi connectivity index (χ1) is 23.8. The van der Waals surface area contributed by atoms with Crippen LogP contribution >= 0.6 is 11.3 Å². The Morgan fingerprint density at radius 1 is 0.396 bits per heavy atom. The lowest BCUT2D eigenvalue weighted by molar-refractivity contribution is 0.669. The molecule has 0 atom stereocenters. The van der Waals surface area contributed by atoms with Gasteiger partial charge in [0.05, 0.1) is 22.4 Å². The topological polar surface area (TPSA) is 38.9 Å². The Hall–Kier alpha value is -6.10. The maximum absolute atomic E-state index is 6.23. The highest BCUT2D eigenvalue weighted by Crippen LogP contribution is 2.42. The quantitative estimate of drug-likeness (QED) is 0.179. The average Bonchev–Trinajstić information content (AvgIpc) is 3.72. The van der Waals surface area contributed by atoms with Gasteiger partial charge >= 0.3 is 0 Å². The summed E-state index contributed by atoms with van der Waals surface area (Å²) >= 11 is 1.83. The van der Waals surface area contributed by atoms with Gasteiger partial charge in [0.1, 0.15) is 11.2 Å². The van der Waals surface area contributed by atoms with E-state index in [1.54, 1.807) is 0 Å². The largest absolute Gasteiger partial charge is 0.456 e. The molecule has 0 saturated carbocycles. The maximum Gasteiger partial charge on any atom is 0.136 e. The first kappa shape index (κ1) is 26.0. The summed E-state index contributed by atoms with van der Waals surface area (Å²) < 4.78 is 8.78. The average molecular weight is 629 g/mol. The predicted molar refractivity (Wildman–Crippen MR) is 203 cm³/mol. The van der Waals surface area contributed by atoms with E-state index in [0.717, 1.165) is 50.1 Å². The molecule has 0 radical (unpaired) electrons. The van der Waals surface area contributed by atoms with E-state index in [0.29, 0.717) is 0 Å². The van der Waals surface area contributed by atoms with Crippen molar-refractivity contribution in [3.05, 3.63) is 146 Å². The third-order valence-corrected chi connectivity index (χ3v) is 11.0. The number of benzene rings is 8. The van der Waals surface area contributed by atoms with E-state index in [2.05, 4.69) is 109 Å². The summed E-state index contributed by atoms with van der Waals surface area (Å²) in [6.45, 7) is 0. The molecule has 0 aliphatic heterocycles. The lowest BCUT2D eigenvalue weighted by atomic mass is 9.93. The fourth-order valence-electron chi connectivity index (χ4n) is 7.62. The highest BCUT2D eigenvalue weighted by atomic mass is 32.1. The standard InChI is InChI=1S/C44H24N2OS/c1-5-11-37-34(8-1)42-33-20-15-25-13-14-26-23-27(16-18-29(26)41(25)32(33)21-22-38(42)47-37)43-44(46-36-10-4-3-9-35(36)45-43)28-17-19-31-30-7-2-6-12-39(30)48-40(31)24-28/h1-24H. The molecule has 3 nitrogen and oxygen atoms in total. The van der Waals surface area contributed by atoms with Crippen LogP contribution in [0.2, 0.25) is 0 Å². The van der Waals surface area contributed by atoms with Crippen molar-refractivity contribution in [2.24, 2.45) is 0 Å². The second kappa shape index (κ2) is 9.71. The Balaban J connectivity index is 1.15. The van der Waals surface area contributed by atoms with Crippen LogP contribution < -0.4 is 0 Å². The summed E-state index contributed by atoms with van der Waals surface area (Å²) in [5, 5.41) is 12.2. The second-order valence-corrected chi connectivity index (χ2v) is 13.6. The molecule has 0 aliphatic carbocycles. The van der Waals surface area contributed by atoms with Crippen LogP contribution in [0.5, 0.6) is 0 Å². The van der Waals surface area contributed by atoms with Crippen LogP contribution in [0.4, 0.5) is 0 Å². The zero-order chi connectivity index (χ0) is 31.3.